The number of carbonyl (C=O) groups is 2. The molecule has 0 aromatic heterocycles. The van der Waals surface area contributed by atoms with E-state index in [1.54, 1.807) is 5.48 Å². The molecule has 1 aromatic rings. The second-order valence-electron chi connectivity index (χ2n) is 7.27. The van der Waals surface area contributed by atoms with Gasteiger partial charge in [0.25, 0.3) is 0 Å². The molecule has 0 spiro atoms. The second kappa shape index (κ2) is 13.1. The van der Waals surface area contributed by atoms with E-state index >= 15 is 0 Å². The summed E-state index contributed by atoms with van der Waals surface area (Å²) in [6.07, 6.45) is 7.37. The summed E-state index contributed by atoms with van der Waals surface area (Å²) in [6, 6.07) is 9.23. The summed E-state index contributed by atoms with van der Waals surface area (Å²) in [6.45, 7) is 2.78. The van der Waals surface area contributed by atoms with Gasteiger partial charge in [0.1, 0.15) is 6.79 Å². The van der Waals surface area contributed by atoms with Crippen LogP contribution in [0, 0.1) is 11.8 Å². The lowest BCUT2D eigenvalue weighted by Gasteiger charge is -2.26. The summed E-state index contributed by atoms with van der Waals surface area (Å²) in [5, 5.41) is 12.2. The smallest absolute Gasteiger partial charge is 0.246 e. The molecule has 7 nitrogen and oxygen atoms in total. The van der Waals surface area contributed by atoms with Crippen LogP contribution in [0.5, 0.6) is 0 Å². The van der Waals surface area contributed by atoms with Crippen LogP contribution in [0.1, 0.15) is 38.2 Å². The number of rotatable bonds is 12. The van der Waals surface area contributed by atoms with Crippen molar-refractivity contribution in [3.05, 3.63) is 48.0 Å². The predicted molar refractivity (Wildman–Crippen MR) is 109 cm³/mol. The van der Waals surface area contributed by atoms with Crippen LogP contribution in [0.25, 0.3) is 0 Å². The summed E-state index contributed by atoms with van der Waals surface area (Å²) in [5.74, 6) is -1.07. The van der Waals surface area contributed by atoms with Crippen LogP contribution in [-0.4, -0.2) is 43.1 Å². The van der Waals surface area contributed by atoms with Crippen LogP contribution in [0.4, 0.5) is 0 Å². The van der Waals surface area contributed by atoms with Crippen molar-refractivity contribution in [3.63, 3.8) is 0 Å². The average molecular weight is 405 g/mol. The predicted octanol–water partition coefficient (Wildman–Crippen LogP) is 2.59. The molecule has 1 aliphatic rings. The lowest BCUT2D eigenvalue weighted by molar-refractivity contribution is -0.135. The van der Waals surface area contributed by atoms with Crippen LogP contribution in [0.2, 0.25) is 0 Å². The van der Waals surface area contributed by atoms with Gasteiger partial charge in [0.2, 0.25) is 11.8 Å². The Balaban J connectivity index is 2.03. The van der Waals surface area contributed by atoms with Gasteiger partial charge in [-0.25, -0.2) is 5.48 Å². The number of allylic oxidation sites excluding steroid dienone is 2. The van der Waals surface area contributed by atoms with Crippen LogP contribution in [0.3, 0.4) is 0 Å². The summed E-state index contributed by atoms with van der Waals surface area (Å²) in [5.41, 5.74) is 2.74. The van der Waals surface area contributed by atoms with Crippen LogP contribution in [0.15, 0.2) is 42.5 Å². The highest BCUT2D eigenvalue weighted by molar-refractivity contribution is 5.80. The second-order valence-corrected chi connectivity index (χ2v) is 7.27. The normalized spacial score (nSPS) is 18.1. The van der Waals surface area contributed by atoms with E-state index in [1.165, 1.54) is 0 Å². The molecule has 0 bridgehead atoms. The highest BCUT2D eigenvalue weighted by atomic mass is 16.7. The standard InChI is InChI=1S/C22H32N2O5/c1-2-28-16-29-15-20(23-21(25)18-11-7-4-8-12-18)14-19(22(26)24-27)13-17-9-5-3-6-10-17/h3-7,9-10,18-20,27H,2,8,11-16H2,1H3,(H,23,25)(H,24,26)/t18-,19?,20?/m1/s1. The van der Waals surface area contributed by atoms with Gasteiger partial charge in [-0.2, -0.15) is 0 Å². The molecule has 0 aliphatic heterocycles. The molecule has 2 unspecified atom stereocenters. The van der Waals surface area contributed by atoms with E-state index in [2.05, 4.69) is 11.4 Å². The third kappa shape index (κ3) is 8.35. The molecule has 2 rings (SSSR count). The van der Waals surface area contributed by atoms with Crippen molar-refractivity contribution in [3.8, 4) is 0 Å². The molecular formula is C22H32N2O5. The first-order valence-electron chi connectivity index (χ1n) is 10.2. The van der Waals surface area contributed by atoms with Crippen molar-refractivity contribution in [1.82, 2.24) is 10.8 Å². The van der Waals surface area contributed by atoms with Crippen molar-refractivity contribution < 1.29 is 24.3 Å². The Morgan fingerprint density at radius 3 is 2.66 bits per heavy atom. The first kappa shape index (κ1) is 23.1. The van der Waals surface area contributed by atoms with Crippen LogP contribution in [-0.2, 0) is 25.5 Å². The van der Waals surface area contributed by atoms with E-state index in [-0.39, 0.29) is 31.3 Å². The minimum atomic E-state index is -0.505. The first-order chi connectivity index (χ1) is 14.1. The van der Waals surface area contributed by atoms with Gasteiger partial charge in [0, 0.05) is 18.4 Å². The molecule has 0 heterocycles. The van der Waals surface area contributed by atoms with E-state index in [4.69, 9.17) is 9.47 Å². The summed E-state index contributed by atoms with van der Waals surface area (Å²) < 4.78 is 10.8. The molecule has 0 saturated heterocycles. The number of carbonyl (C=O) groups excluding carboxylic acids is 2. The zero-order valence-corrected chi connectivity index (χ0v) is 17.0. The van der Waals surface area contributed by atoms with Crippen molar-refractivity contribution in [2.24, 2.45) is 11.8 Å². The number of ether oxygens (including phenoxy) is 2. The Labute approximate surface area is 172 Å². The maximum atomic E-state index is 12.7. The largest absolute Gasteiger partial charge is 0.356 e. The molecule has 0 fully saturated rings. The first-order valence-corrected chi connectivity index (χ1v) is 10.2. The van der Waals surface area contributed by atoms with E-state index in [1.807, 2.05) is 43.3 Å². The third-order valence-electron chi connectivity index (χ3n) is 5.05. The van der Waals surface area contributed by atoms with Crippen molar-refractivity contribution >= 4 is 11.8 Å². The van der Waals surface area contributed by atoms with Gasteiger partial charge < -0.3 is 14.8 Å². The lowest BCUT2D eigenvalue weighted by Crippen LogP contribution is -2.45. The number of hydroxylamine groups is 1. The Hall–Kier alpha value is -2.22. The molecule has 0 saturated carbocycles. The van der Waals surface area contributed by atoms with Gasteiger partial charge >= 0.3 is 0 Å². The maximum Gasteiger partial charge on any atom is 0.246 e. The van der Waals surface area contributed by atoms with Crippen molar-refractivity contribution in [2.75, 3.05) is 20.0 Å². The zero-order chi connectivity index (χ0) is 20.9. The molecule has 0 radical (unpaired) electrons. The van der Waals surface area contributed by atoms with Crippen molar-refractivity contribution in [2.45, 2.75) is 45.1 Å². The molecule has 160 valence electrons. The number of nitrogens with one attached hydrogen (secondary N) is 2. The monoisotopic (exact) mass is 404 g/mol. The number of hydrogen-bond acceptors (Lipinski definition) is 5. The SMILES string of the molecule is CCOCOCC(CC(Cc1ccccc1)C(=O)NO)NC(=O)[C@@H]1CC=CCC1. The summed E-state index contributed by atoms with van der Waals surface area (Å²) in [7, 11) is 0. The van der Waals surface area contributed by atoms with Crippen molar-refractivity contribution in [1.29, 1.82) is 0 Å². The molecule has 2 amide bonds. The van der Waals surface area contributed by atoms with E-state index in [0.29, 0.717) is 19.4 Å². The Morgan fingerprint density at radius 1 is 1.21 bits per heavy atom. The fraction of sp³-hybridized carbons (Fsp3) is 0.545. The average Bonchev–Trinajstić information content (AvgIpc) is 2.76. The van der Waals surface area contributed by atoms with Gasteiger partial charge in [0.05, 0.1) is 12.6 Å². The Kier molecular flexibility index (Phi) is 10.4. The van der Waals surface area contributed by atoms with Gasteiger partial charge in [-0.05, 0) is 44.6 Å². The van der Waals surface area contributed by atoms with Gasteiger partial charge in [0.15, 0.2) is 0 Å². The van der Waals surface area contributed by atoms with Gasteiger partial charge in [-0.3, -0.25) is 14.8 Å². The number of hydrogen-bond donors (Lipinski definition) is 3. The van der Waals surface area contributed by atoms with E-state index in [0.717, 1.165) is 24.8 Å². The summed E-state index contributed by atoms with van der Waals surface area (Å²) in [4.78, 5) is 25.0. The molecule has 3 N–H and O–H groups in total. The molecule has 1 aromatic carbocycles. The lowest BCUT2D eigenvalue weighted by atomic mass is 9.90. The quantitative estimate of drug-likeness (QED) is 0.164. The fourth-order valence-electron chi connectivity index (χ4n) is 3.47. The van der Waals surface area contributed by atoms with Crippen LogP contribution >= 0.6 is 0 Å². The number of benzene rings is 1. The minimum absolute atomic E-state index is 0.0257. The number of amides is 2. The third-order valence-corrected chi connectivity index (χ3v) is 5.05. The zero-order valence-electron chi connectivity index (χ0n) is 17.0. The molecule has 7 heteroatoms. The molecule has 3 atom stereocenters. The Bertz CT molecular complexity index is 650. The summed E-state index contributed by atoms with van der Waals surface area (Å²) >= 11 is 0. The Morgan fingerprint density at radius 2 is 2.00 bits per heavy atom. The van der Waals surface area contributed by atoms with Gasteiger partial charge in [-0.15, -0.1) is 0 Å². The van der Waals surface area contributed by atoms with Crippen LogP contribution < -0.4 is 10.8 Å². The highest BCUT2D eigenvalue weighted by Gasteiger charge is 2.27. The fourth-order valence-corrected chi connectivity index (χ4v) is 3.47. The molecule has 29 heavy (non-hydrogen) atoms. The topological polar surface area (TPSA) is 96.9 Å². The molecule has 1 aliphatic carbocycles. The highest BCUT2D eigenvalue weighted by Crippen LogP contribution is 2.20. The van der Waals surface area contributed by atoms with Gasteiger partial charge in [-0.1, -0.05) is 42.5 Å². The van der Waals surface area contributed by atoms with E-state index in [9.17, 15) is 14.8 Å². The maximum absolute atomic E-state index is 12.7. The minimum Gasteiger partial charge on any atom is -0.356 e. The van der Waals surface area contributed by atoms with E-state index < -0.39 is 11.8 Å². The molecular weight excluding hydrogens is 372 g/mol.